The summed E-state index contributed by atoms with van der Waals surface area (Å²) < 4.78 is 23.7. The Balaban J connectivity index is 1.98. The Hall–Kier alpha value is -2.76. The zero-order valence-electron chi connectivity index (χ0n) is 12.4. The number of ether oxygens (including phenoxy) is 2. The Morgan fingerprint density at radius 1 is 1.09 bits per heavy atom. The average molecular weight is 304 g/mol. The van der Waals surface area contributed by atoms with E-state index in [4.69, 9.17) is 9.47 Å². The molecule has 0 atom stereocenters. The van der Waals surface area contributed by atoms with E-state index in [2.05, 4.69) is 10.6 Å². The van der Waals surface area contributed by atoms with Gasteiger partial charge in [0.2, 0.25) is 0 Å². The van der Waals surface area contributed by atoms with Gasteiger partial charge in [0, 0.05) is 36.0 Å². The van der Waals surface area contributed by atoms with Crippen LogP contribution in [0.1, 0.15) is 5.56 Å². The van der Waals surface area contributed by atoms with E-state index in [1.54, 1.807) is 36.4 Å². The molecule has 22 heavy (non-hydrogen) atoms. The SMILES string of the molecule is COc1cc(NC(=O)NCc2ccccc2F)cc(OC)c1. The van der Waals surface area contributed by atoms with Crippen molar-refractivity contribution in [1.82, 2.24) is 5.32 Å². The third-order valence-electron chi connectivity index (χ3n) is 3.01. The molecule has 0 saturated carbocycles. The number of carbonyl (C=O) groups excluding carboxylic acids is 1. The first-order valence-electron chi connectivity index (χ1n) is 6.63. The minimum absolute atomic E-state index is 0.0968. The van der Waals surface area contributed by atoms with Crippen LogP contribution in [0.4, 0.5) is 14.9 Å². The van der Waals surface area contributed by atoms with Crippen LogP contribution in [-0.4, -0.2) is 20.3 Å². The number of hydrogen-bond donors (Lipinski definition) is 2. The summed E-state index contributed by atoms with van der Waals surface area (Å²) in [5.41, 5.74) is 0.933. The lowest BCUT2D eigenvalue weighted by Gasteiger charge is -2.11. The van der Waals surface area contributed by atoms with Crippen LogP contribution in [0.25, 0.3) is 0 Å². The molecule has 0 aliphatic carbocycles. The number of nitrogens with one attached hydrogen (secondary N) is 2. The predicted octanol–water partition coefficient (Wildman–Crippen LogP) is 3.16. The van der Waals surface area contributed by atoms with Crippen LogP contribution in [0, 0.1) is 5.82 Å². The number of rotatable bonds is 5. The van der Waals surface area contributed by atoms with Gasteiger partial charge in [-0.25, -0.2) is 9.18 Å². The second kappa shape index (κ2) is 7.31. The minimum atomic E-state index is -0.446. The summed E-state index contributed by atoms with van der Waals surface area (Å²) in [7, 11) is 3.05. The van der Waals surface area contributed by atoms with E-state index in [-0.39, 0.29) is 12.4 Å². The van der Waals surface area contributed by atoms with Crippen molar-refractivity contribution >= 4 is 11.7 Å². The molecule has 2 amide bonds. The summed E-state index contributed by atoms with van der Waals surface area (Å²) in [6, 6.07) is 10.8. The van der Waals surface area contributed by atoms with E-state index in [1.165, 1.54) is 20.3 Å². The highest BCUT2D eigenvalue weighted by molar-refractivity contribution is 5.89. The number of hydrogen-bond acceptors (Lipinski definition) is 3. The van der Waals surface area contributed by atoms with Gasteiger partial charge < -0.3 is 20.1 Å². The van der Waals surface area contributed by atoms with E-state index in [0.29, 0.717) is 22.7 Å². The number of amides is 2. The molecule has 0 aromatic heterocycles. The van der Waals surface area contributed by atoms with Crippen molar-refractivity contribution in [1.29, 1.82) is 0 Å². The van der Waals surface area contributed by atoms with Gasteiger partial charge in [0.25, 0.3) is 0 Å². The highest BCUT2D eigenvalue weighted by Crippen LogP contribution is 2.25. The van der Waals surface area contributed by atoms with Crippen molar-refractivity contribution < 1.29 is 18.7 Å². The lowest BCUT2D eigenvalue weighted by Crippen LogP contribution is -2.28. The number of carbonyl (C=O) groups is 1. The van der Waals surface area contributed by atoms with Crippen LogP contribution < -0.4 is 20.1 Å². The largest absolute Gasteiger partial charge is 0.497 e. The molecule has 0 radical (unpaired) electrons. The molecular formula is C16H17FN2O3. The first kappa shape index (κ1) is 15.6. The van der Waals surface area contributed by atoms with Gasteiger partial charge in [-0.1, -0.05) is 18.2 Å². The molecule has 0 unspecified atom stereocenters. The summed E-state index contributed by atoms with van der Waals surface area (Å²) in [5, 5.41) is 5.24. The Morgan fingerprint density at radius 2 is 1.73 bits per heavy atom. The predicted molar refractivity (Wildman–Crippen MR) is 81.8 cm³/mol. The molecule has 0 saturated heterocycles. The Kier molecular flexibility index (Phi) is 5.19. The van der Waals surface area contributed by atoms with Gasteiger partial charge in [-0.05, 0) is 6.07 Å². The summed E-state index contributed by atoms with van der Waals surface area (Å²) in [4.78, 5) is 11.9. The maximum atomic E-state index is 13.5. The van der Waals surface area contributed by atoms with Crippen molar-refractivity contribution in [3.63, 3.8) is 0 Å². The Morgan fingerprint density at radius 3 is 2.32 bits per heavy atom. The zero-order chi connectivity index (χ0) is 15.9. The number of benzene rings is 2. The molecule has 0 aliphatic rings. The fourth-order valence-electron chi connectivity index (χ4n) is 1.87. The molecule has 2 N–H and O–H groups in total. The third-order valence-corrected chi connectivity index (χ3v) is 3.01. The maximum absolute atomic E-state index is 13.5. The average Bonchev–Trinajstić information content (AvgIpc) is 2.53. The lowest BCUT2D eigenvalue weighted by molar-refractivity contribution is 0.251. The fourth-order valence-corrected chi connectivity index (χ4v) is 1.87. The molecule has 0 aliphatic heterocycles. The van der Waals surface area contributed by atoms with E-state index >= 15 is 0 Å². The van der Waals surface area contributed by atoms with Crippen LogP contribution >= 0.6 is 0 Å². The summed E-state index contributed by atoms with van der Waals surface area (Å²) in [6.45, 7) is 0.0968. The van der Waals surface area contributed by atoms with Gasteiger partial charge in [-0.3, -0.25) is 0 Å². The number of anilines is 1. The topological polar surface area (TPSA) is 59.6 Å². The summed E-state index contributed by atoms with van der Waals surface area (Å²) in [5.74, 6) is 0.762. The second-order valence-electron chi connectivity index (χ2n) is 4.50. The molecule has 0 spiro atoms. The second-order valence-corrected chi connectivity index (χ2v) is 4.50. The van der Waals surface area contributed by atoms with Crippen molar-refractivity contribution in [2.24, 2.45) is 0 Å². The Bertz CT molecular complexity index is 639. The normalized spacial score (nSPS) is 9.95. The number of methoxy groups -OCH3 is 2. The lowest BCUT2D eigenvalue weighted by atomic mass is 10.2. The van der Waals surface area contributed by atoms with E-state index < -0.39 is 6.03 Å². The fraction of sp³-hybridized carbons (Fsp3) is 0.188. The maximum Gasteiger partial charge on any atom is 0.319 e. The van der Waals surface area contributed by atoms with E-state index in [1.807, 2.05) is 0 Å². The van der Waals surface area contributed by atoms with Crippen LogP contribution in [0.3, 0.4) is 0 Å². The molecule has 5 nitrogen and oxygen atoms in total. The smallest absolute Gasteiger partial charge is 0.319 e. The van der Waals surface area contributed by atoms with Gasteiger partial charge in [0.1, 0.15) is 17.3 Å². The summed E-state index contributed by atoms with van der Waals surface area (Å²) in [6.07, 6.45) is 0. The van der Waals surface area contributed by atoms with Crippen molar-refractivity contribution in [2.45, 2.75) is 6.54 Å². The minimum Gasteiger partial charge on any atom is -0.497 e. The number of urea groups is 1. The quantitative estimate of drug-likeness (QED) is 0.892. The van der Waals surface area contributed by atoms with Crippen LogP contribution in [-0.2, 0) is 6.54 Å². The molecule has 0 fully saturated rings. The molecule has 2 aromatic rings. The van der Waals surface area contributed by atoms with Crippen molar-refractivity contribution in [3.8, 4) is 11.5 Å². The first-order chi connectivity index (χ1) is 10.6. The highest BCUT2D eigenvalue weighted by Gasteiger charge is 2.07. The first-order valence-corrected chi connectivity index (χ1v) is 6.63. The van der Waals surface area contributed by atoms with Gasteiger partial charge in [-0.2, -0.15) is 0 Å². The molecule has 0 bridgehead atoms. The molecule has 2 aromatic carbocycles. The van der Waals surface area contributed by atoms with E-state index in [0.717, 1.165) is 0 Å². The zero-order valence-corrected chi connectivity index (χ0v) is 12.4. The molecule has 116 valence electrons. The summed E-state index contributed by atoms with van der Waals surface area (Å²) >= 11 is 0. The molecule has 6 heteroatoms. The van der Waals surface area contributed by atoms with Crippen LogP contribution in [0.5, 0.6) is 11.5 Å². The van der Waals surface area contributed by atoms with Crippen molar-refractivity contribution in [3.05, 3.63) is 53.8 Å². The molecular weight excluding hydrogens is 287 g/mol. The molecule has 2 rings (SSSR count). The van der Waals surface area contributed by atoms with E-state index in [9.17, 15) is 9.18 Å². The third kappa shape index (κ3) is 4.12. The van der Waals surface area contributed by atoms with Crippen LogP contribution in [0.2, 0.25) is 0 Å². The van der Waals surface area contributed by atoms with Gasteiger partial charge in [0.15, 0.2) is 0 Å². The van der Waals surface area contributed by atoms with Gasteiger partial charge in [0.05, 0.1) is 14.2 Å². The molecule has 0 heterocycles. The van der Waals surface area contributed by atoms with Gasteiger partial charge in [-0.15, -0.1) is 0 Å². The van der Waals surface area contributed by atoms with Crippen LogP contribution in [0.15, 0.2) is 42.5 Å². The van der Waals surface area contributed by atoms with Crippen molar-refractivity contribution in [2.75, 3.05) is 19.5 Å². The monoisotopic (exact) mass is 304 g/mol. The standard InChI is InChI=1S/C16H17FN2O3/c1-21-13-7-12(8-14(9-13)22-2)19-16(20)18-10-11-5-3-4-6-15(11)17/h3-9H,10H2,1-2H3,(H2,18,19,20). The Labute approximate surface area is 128 Å². The van der Waals surface area contributed by atoms with Gasteiger partial charge >= 0.3 is 6.03 Å². The highest BCUT2D eigenvalue weighted by atomic mass is 19.1. The number of halogens is 1.